The van der Waals surface area contributed by atoms with E-state index in [0.29, 0.717) is 11.5 Å². The summed E-state index contributed by atoms with van der Waals surface area (Å²) >= 11 is 0. The molecule has 0 aromatic carbocycles. The maximum Gasteiger partial charge on any atom is 0.0165 e. The van der Waals surface area contributed by atoms with Gasteiger partial charge >= 0.3 is 0 Å². The lowest BCUT2D eigenvalue weighted by atomic mass is 9.67. The first-order valence-electron chi connectivity index (χ1n) is 6.69. The Morgan fingerprint density at radius 3 is 2.53 bits per heavy atom. The van der Waals surface area contributed by atoms with Crippen LogP contribution in [0, 0.1) is 5.41 Å². The van der Waals surface area contributed by atoms with Crippen LogP contribution in [0.5, 0.6) is 0 Å². The molecule has 2 nitrogen and oxygen atoms in total. The van der Waals surface area contributed by atoms with Crippen LogP contribution in [0.15, 0.2) is 0 Å². The summed E-state index contributed by atoms with van der Waals surface area (Å²) in [5, 5.41) is 3.56. The highest BCUT2D eigenvalue weighted by molar-refractivity contribution is 4.88. The fourth-order valence-electron chi connectivity index (χ4n) is 2.42. The lowest BCUT2D eigenvalue weighted by Crippen LogP contribution is -2.43. The number of hydrogen-bond acceptors (Lipinski definition) is 2. The summed E-state index contributed by atoms with van der Waals surface area (Å²) in [5.41, 5.74) is 6.66. The number of nitrogens with one attached hydrogen (secondary N) is 1. The third kappa shape index (κ3) is 4.12. The molecule has 90 valence electrons. The topological polar surface area (TPSA) is 38.0 Å². The van der Waals surface area contributed by atoms with Crippen molar-refractivity contribution < 1.29 is 0 Å². The van der Waals surface area contributed by atoms with E-state index in [1.54, 1.807) is 0 Å². The molecule has 1 fully saturated rings. The Balaban J connectivity index is 2.04. The zero-order valence-corrected chi connectivity index (χ0v) is 10.5. The maximum atomic E-state index is 6.03. The smallest absolute Gasteiger partial charge is 0.0165 e. The zero-order chi connectivity index (χ0) is 11.1. The molecule has 0 aromatic rings. The molecular weight excluding hydrogens is 184 g/mol. The van der Waals surface area contributed by atoms with E-state index in [1.807, 2.05) is 0 Å². The molecule has 0 bridgehead atoms. The van der Waals surface area contributed by atoms with Crippen LogP contribution in [0.4, 0.5) is 0 Å². The van der Waals surface area contributed by atoms with E-state index >= 15 is 0 Å². The molecule has 1 unspecified atom stereocenters. The van der Waals surface area contributed by atoms with Crippen LogP contribution in [0.1, 0.15) is 58.8 Å². The van der Waals surface area contributed by atoms with Crippen molar-refractivity contribution in [3.05, 3.63) is 0 Å². The molecule has 3 N–H and O–H groups in total. The number of hydrogen-bond donors (Lipinski definition) is 2. The van der Waals surface area contributed by atoms with Gasteiger partial charge in [-0.2, -0.15) is 0 Å². The molecule has 2 heteroatoms. The van der Waals surface area contributed by atoms with Crippen molar-refractivity contribution in [1.29, 1.82) is 0 Å². The van der Waals surface area contributed by atoms with Crippen molar-refractivity contribution in [2.75, 3.05) is 13.1 Å². The van der Waals surface area contributed by atoms with Gasteiger partial charge in [-0.1, -0.05) is 33.1 Å². The summed E-state index contributed by atoms with van der Waals surface area (Å²) < 4.78 is 0. The lowest BCUT2D eigenvalue weighted by molar-refractivity contribution is 0.123. The third-order valence-corrected chi connectivity index (χ3v) is 4.00. The van der Waals surface area contributed by atoms with Gasteiger partial charge in [0.2, 0.25) is 0 Å². The van der Waals surface area contributed by atoms with Gasteiger partial charge in [0, 0.05) is 19.1 Å². The minimum atomic E-state index is 0.360. The second-order valence-corrected chi connectivity index (χ2v) is 5.24. The van der Waals surface area contributed by atoms with Gasteiger partial charge in [-0.15, -0.1) is 0 Å². The second-order valence-electron chi connectivity index (χ2n) is 5.24. The summed E-state index contributed by atoms with van der Waals surface area (Å²) in [6.07, 6.45) is 9.28. The molecule has 0 aliphatic heterocycles. The van der Waals surface area contributed by atoms with Crippen molar-refractivity contribution in [1.82, 2.24) is 5.32 Å². The van der Waals surface area contributed by atoms with Crippen molar-refractivity contribution in [2.45, 2.75) is 64.8 Å². The molecule has 1 aliphatic carbocycles. The van der Waals surface area contributed by atoms with E-state index < -0.39 is 0 Å². The molecule has 1 aliphatic rings. The normalized spacial score (nSPS) is 21.0. The molecule has 0 saturated heterocycles. The standard InChI is InChI=1S/C13H28N2/c1-3-5-7-12(14)10-15-11-13(4-2)8-6-9-13/h12,15H,3-11,14H2,1-2H3. The molecule has 15 heavy (non-hydrogen) atoms. The Morgan fingerprint density at radius 2 is 2.07 bits per heavy atom. The van der Waals surface area contributed by atoms with E-state index in [4.69, 9.17) is 5.73 Å². The van der Waals surface area contributed by atoms with Gasteiger partial charge in [-0.25, -0.2) is 0 Å². The highest BCUT2D eigenvalue weighted by Crippen LogP contribution is 2.42. The quantitative estimate of drug-likeness (QED) is 0.649. The Kier molecular flexibility index (Phi) is 5.62. The zero-order valence-electron chi connectivity index (χ0n) is 10.5. The van der Waals surface area contributed by atoms with Gasteiger partial charge < -0.3 is 11.1 Å². The molecule has 1 atom stereocenters. The minimum Gasteiger partial charge on any atom is -0.327 e. The predicted octanol–water partition coefficient (Wildman–Crippen LogP) is 2.67. The van der Waals surface area contributed by atoms with Gasteiger partial charge in [0.05, 0.1) is 0 Å². The molecular formula is C13H28N2. The SMILES string of the molecule is CCCCC(N)CNCC1(CC)CCC1. The summed E-state index contributed by atoms with van der Waals surface area (Å²) in [6, 6.07) is 0.360. The predicted molar refractivity (Wildman–Crippen MR) is 66.9 cm³/mol. The highest BCUT2D eigenvalue weighted by atomic mass is 14.9. The first kappa shape index (κ1) is 13.0. The first-order valence-corrected chi connectivity index (χ1v) is 6.69. The van der Waals surface area contributed by atoms with Crippen molar-refractivity contribution in [3.8, 4) is 0 Å². The Hall–Kier alpha value is -0.0800. The molecule has 0 radical (unpaired) electrons. The van der Waals surface area contributed by atoms with Gasteiger partial charge in [-0.3, -0.25) is 0 Å². The van der Waals surface area contributed by atoms with E-state index in [1.165, 1.54) is 51.5 Å². The van der Waals surface area contributed by atoms with Gasteiger partial charge in [0.1, 0.15) is 0 Å². The van der Waals surface area contributed by atoms with E-state index in [0.717, 1.165) is 6.54 Å². The minimum absolute atomic E-state index is 0.360. The van der Waals surface area contributed by atoms with E-state index in [9.17, 15) is 0 Å². The Bertz CT molecular complexity index is 158. The Labute approximate surface area is 95.0 Å². The fourth-order valence-corrected chi connectivity index (χ4v) is 2.42. The Morgan fingerprint density at radius 1 is 1.33 bits per heavy atom. The molecule has 0 spiro atoms. The third-order valence-electron chi connectivity index (χ3n) is 4.00. The average molecular weight is 212 g/mol. The summed E-state index contributed by atoms with van der Waals surface area (Å²) in [5.74, 6) is 0. The number of nitrogens with two attached hydrogens (primary N) is 1. The number of rotatable bonds is 8. The average Bonchev–Trinajstić information content (AvgIpc) is 2.19. The molecule has 0 aromatic heterocycles. The van der Waals surface area contributed by atoms with Crippen LogP contribution >= 0.6 is 0 Å². The fraction of sp³-hybridized carbons (Fsp3) is 1.00. The first-order chi connectivity index (χ1) is 7.22. The van der Waals surface area contributed by atoms with Gasteiger partial charge in [0.25, 0.3) is 0 Å². The summed E-state index contributed by atoms with van der Waals surface area (Å²) in [7, 11) is 0. The van der Waals surface area contributed by atoms with Crippen LogP contribution in [-0.2, 0) is 0 Å². The maximum absolute atomic E-state index is 6.03. The van der Waals surface area contributed by atoms with E-state index in [-0.39, 0.29) is 0 Å². The lowest BCUT2D eigenvalue weighted by Gasteiger charge is -2.41. The molecule has 1 rings (SSSR count). The molecule has 1 saturated carbocycles. The van der Waals surface area contributed by atoms with Gasteiger partial charge in [0.15, 0.2) is 0 Å². The second kappa shape index (κ2) is 6.49. The van der Waals surface area contributed by atoms with Crippen LogP contribution in [0.3, 0.4) is 0 Å². The number of unbranched alkanes of at least 4 members (excludes halogenated alkanes) is 1. The van der Waals surface area contributed by atoms with Crippen LogP contribution in [0.2, 0.25) is 0 Å². The molecule has 0 amide bonds. The van der Waals surface area contributed by atoms with Gasteiger partial charge in [-0.05, 0) is 31.1 Å². The van der Waals surface area contributed by atoms with Crippen LogP contribution in [0.25, 0.3) is 0 Å². The van der Waals surface area contributed by atoms with Crippen LogP contribution in [-0.4, -0.2) is 19.1 Å². The molecule has 0 heterocycles. The highest BCUT2D eigenvalue weighted by Gasteiger charge is 2.34. The van der Waals surface area contributed by atoms with Crippen LogP contribution < -0.4 is 11.1 Å². The summed E-state index contributed by atoms with van der Waals surface area (Å²) in [4.78, 5) is 0. The van der Waals surface area contributed by atoms with E-state index in [2.05, 4.69) is 19.2 Å². The monoisotopic (exact) mass is 212 g/mol. The van der Waals surface area contributed by atoms with Crippen molar-refractivity contribution >= 4 is 0 Å². The van der Waals surface area contributed by atoms with Crippen molar-refractivity contribution in [2.24, 2.45) is 11.1 Å². The summed E-state index contributed by atoms with van der Waals surface area (Å²) in [6.45, 7) is 6.73. The largest absolute Gasteiger partial charge is 0.327 e. The van der Waals surface area contributed by atoms with Crippen molar-refractivity contribution in [3.63, 3.8) is 0 Å².